The molecule has 1 aromatic heterocycles. The third kappa shape index (κ3) is 6.60. The molecule has 0 unspecified atom stereocenters. The fraction of sp³-hybridized carbons (Fsp3) is 0.500. The Morgan fingerprint density at radius 3 is 2.57 bits per heavy atom. The average Bonchev–Trinajstić information content (AvgIpc) is 3.19. The first-order valence-electron chi connectivity index (χ1n) is 10.2. The van der Waals surface area contributed by atoms with Crippen LogP contribution in [0.5, 0.6) is 0 Å². The molecule has 0 aliphatic carbocycles. The monoisotopic (exact) mass is 424 g/mol. The second kappa shape index (κ2) is 10.1. The first-order valence-corrected chi connectivity index (χ1v) is 10.2. The molecule has 0 atom stereocenters. The quantitative estimate of drug-likeness (QED) is 0.670. The van der Waals surface area contributed by atoms with Crippen LogP contribution in [0.4, 0.5) is 13.2 Å². The Morgan fingerprint density at radius 1 is 1.17 bits per heavy atom. The second-order valence-corrected chi connectivity index (χ2v) is 7.76. The third-order valence-electron chi connectivity index (χ3n) is 5.48. The summed E-state index contributed by atoms with van der Waals surface area (Å²) in [6, 6.07) is 8.68. The van der Waals surface area contributed by atoms with Crippen LogP contribution in [-0.2, 0) is 30.7 Å². The van der Waals surface area contributed by atoms with Gasteiger partial charge in [-0.1, -0.05) is 12.1 Å². The van der Waals surface area contributed by atoms with Gasteiger partial charge in [0, 0.05) is 13.0 Å². The number of hydrogen-bond acceptors (Lipinski definition) is 4. The molecule has 1 aliphatic heterocycles. The predicted molar refractivity (Wildman–Crippen MR) is 105 cm³/mol. The van der Waals surface area contributed by atoms with E-state index in [1.807, 2.05) is 6.07 Å². The zero-order valence-corrected chi connectivity index (χ0v) is 16.8. The van der Waals surface area contributed by atoms with Crippen LogP contribution in [0.25, 0.3) is 0 Å². The van der Waals surface area contributed by atoms with E-state index in [0.29, 0.717) is 30.2 Å². The van der Waals surface area contributed by atoms with E-state index in [9.17, 15) is 18.0 Å². The molecule has 1 saturated heterocycles. The molecule has 0 spiro atoms. The zero-order chi connectivity index (χ0) is 21.6. The van der Waals surface area contributed by atoms with Crippen molar-refractivity contribution in [2.75, 3.05) is 13.1 Å². The Hall–Kier alpha value is -2.32. The molecule has 2 N–H and O–H groups in total. The van der Waals surface area contributed by atoms with Crippen molar-refractivity contribution in [1.82, 2.24) is 10.2 Å². The molecule has 2 heterocycles. The van der Waals surface area contributed by atoms with Gasteiger partial charge >= 0.3 is 6.18 Å². The molecule has 3 rings (SSSR count). The lowest BCUT2D eigenvalue weighted by molar-refractivity contribution is -0.137. The Morgan fingerprint density at radius 2 is 1.90 bits per heavy atom. The minimum absolute atomic E-state index is 0.0974. The summed E-state index contributed by atoms with van der Waals surface area (Å²) < 4.78 is 43.8. The van der Waals surface area contributed by atoms with Crippen molar-refractivity contribution in [3.05, 3.63) is 59.0 Å². The van der Waals surface area contributed by atoms with E-state index in [0.717, 1.165) is 50.2 Å². The van der Waals surface area contributed by atoms with Gasteiger partial charge in [-0.2, -0.15) is 13.2 Å². The Bertz CT molecular complexity index is 827. The fourth-order valence-corrected chi connectivity index (χ4v) is 3.73. The van der Waals surface area contributed by atoms with Gasteiger partial charge in [-0.05, 0) is 68.1 Å². The lowest BCUT2D eigenvalue weighted by atomic mass is 9.92. The third-order valence-corrected chi connectivity index (χ3v) is 5.48. The number of amides is 1. The molecule has 0 bridgehead atoms. The smallest absolute Gasteiger partial charge is 0.416 e. The van der Waals surface area contributed by atoms with E-state index in [-0.39, 0.29) is 19.1 Å². The van der Waals surface area contributed by atoms with Crippen LogP contribution >= 0.6 is 0 Å². The zero-order valence-electron chi connectivity index (χ0n) is 16.8. The van der Waals surface area contributed by atoms with Crippen molar-refractivity contribution in [1.29, 1.82) is 0 Å². The average molecular weight is 424 g/mol. The highest BCUT2D eigenvalue weighted by Crippen LogP contribution is 2.29. The van der Waals surface area contributed by atoms with E-state index in [1.54, 1.807) is 12.1 Å². The Kier molecular flexibility index (Phi) is 7.55. The normalized spacial score (nSPS) is 16.0. The summed E-state index contributed by atoms with van der Waals surface area (Å²) in [5, 5.41) is 11.8. The molecule has 0 saturated carbocycles. The Balaban J connectivity index is 1.35. The van der Waals surface area contributed by atoms with Crippen molar-refractivity contribution in [3.63, 3.8) is 0 Å². The van der Waals surface area contributed by atoms with E-state index >= 15 is 0 Å². The first-order chi connectivity index (χ1) is 14.3. The lowest BCUT2D eigenvalue weighted by Gasteiger charge is -2.31. The van der Waals surface area contributed by atoms with Crippen LogP contribution in [0.15, 0.2) is 40.8 Å². The summed E-state index contributed by atoms with van der Waals surface area (Å²) in [6.07, 6.45) is -1.24. The van der Waals surface area contributed by atoms with Crippen LogP contribution in [0.1, 0.15) is 48.3 Å². The van der Waals surface area contributed by atoms with Crippen molar-refractivity contribution in [3.8, 4) is 0 Å². The second-order valence-electron chi connectivity index (χ2n) is 7.76. The summed E-state index contributed by atoms with van der Waals surface area (Å²) in [5.41, 5.74) is -0.267. The minimum Gasteiger partial charge on any atom is -0.462 e. The van der Waals surface area contributed by atoms with E-state index in [4.69, 9.17) is 9.52 Å². The number of nitrogens with zero attached hydrogens (tertiary/aromatic N) is 1. The number of carbonyl (C=O) groups is 1. The van der Waals surface area contributed by atoms with Crippen molar-refractivity contribution < 1.29 is 27.5 Å². The van der Waals surface area contributed by atoms with Crippen LogP contribution in [0.2, 0.25) is 0 Å². The van der Waals surface area contributed by atoms with Gasteiger partial charge in [-0.3, -0.25) is 9.69 Å². The molecule has 30 heavy (non-hydrogen) atoms. The summed E-state index contributed by atoms with van der Waals surface area (Å²) in [4.78, 5) is 14.4. The molecular formula is C22H27F3N2O3. The van der Waals surface area contributed by atoms with Crippen LogP contribution < -0.4 is 5.32 Å². The topological polar surface area (TPSA) is 65.7 Å². The highest BCUT2D eigenvalue weighted by Gasteiger charge is 2.30. The standard InChI is InChI=1S/C22H27F3N2O3/c23-22(24,25)18-3-1-2-17(12-18)13-26-21(29)7-4-16-8-10-27(11-9-16)14-19-5-6-20(15-28)30-19/h1-3,5-6,12,16,28H,4,7-11,13-15H2,(H,26,29). The summed E-state index contributed by atoms with van der Waals surface area (Å²) in [5.74, 6) is 1.73. The number of furan rings is 1. The predicted octanol–water partition coefficient (Wildman–Crippen LogP) is 4.10. The van der Waals surface area contributed by atoms with Crippen molar-refractivity contribution >= 4 is 5.91 Å². The molecular weight excluding hydrogens is 397 g/mol. The van der Waals surface area contributed by atoms with Gasteiger partial charge in [0.25, 0.3) is 0 Å². The maximum Gasteiger partial charge on any atom is 0.416 e. The number of aliphatic hydroxyl groups is 1. The van der Waals surface area contributed by atoms with Crippen LogP contribution in [0, 0.1) is 5.92 Å². The van der Waals surface area contributed by atoms with E-state index in [2.05, 4.69) is 10.2 Å². The summed E-state index contributed by atoms with van der Waals surface area (Å²) in [7, 11) is 0. The highest BCUT2D eigenvalue weighted by atomic mass is 19.4. The number of carbonyl (C=O) groups excluding carboxylic acids is 1. The SMILES string of the molecule is O=C(CCC1CCN(Cc2ccc(CO)o2)CC1)NCc1cccc(C(F)(F)F)c1. The largest absolute Gasteiger partial charge is 0.462 e. The van der Waals surface area contributed by atoms with Crippen LogP contribution in [-0.4, -0.2) is 29.0 Å². The van der Waals surface area contributed by atoms with Gasteiger partial charge in [0.05, 0.1) is 12.1 Å². The number of nitrogens with one attached hydrogen (secondary N) is 1. The molecule has 5 nitrogen and oxygen atoms in total. The van der Waals surface area contributed by atoms with Gasteiger partial charge in [0.2, 0.25) is 5.91 Å². The molecule has 1 fully saturated rings. The maximum absolute atomic E-state index is 12.8. The summed E-state index contributed by atoms with van der Waals surface area (Å²) >= 11 is 0. The molecule has 1 amide bonds. The van der Waals surface area contributed by atoms with Crippen molar-refractivity contribution in [2.24, 2.45) is 5.92 Å². The number of rotatable bonds is 8. The number of piperidine rings is 1. The molecule has 1 aliphatic rings. The van der Waals surface area contributed by atoms with Gasteiger partial charge < -0.3 is 14.8 Å². The number of likely N-dealkylation sites (tertiary alicyclic amines) is 1. The molecule has 164 valence electrons. The van der Waals surface area contributed by atoms with E-state index < -0.39 is 11.7 Å². The lowest BCUT2D eigenvalue weighted by Crippen LogP contribution is -2.33. The molecule has 1 aromatic carbocycles. The van der Waals surface area contributed by atoms with Gasteiger partial charge in [0.1, 0.15) is 18.1 Å². The molecule has 8 heteroatoms. The summed E-state index contributed by atoms with van der Waals surface area (Å²) in [6.45, 7) is 2.56. The molecule has 2 aromatic rings. The van der Waals surface area contributed by atoms with Gasteiger partial charge in [-0.15, -0.1) is 0 Å². The number of benzene rings is 1. The maximum atomic E-state index is 12.8. The van der Waals surface area contributed by atoms with Gasteiger partial charge in [0.15, 0.2) is 0 Å². The fourth-order valence-electron chi connectivity index (χ4n) is 3.73. The molecule has 0 radical (unpaired) electrons. The van der Waals surface area contributed by atoms with Crippen LogP contribution in [0.3, 0.4) is 0 Å². The Labute approximate surface area is 173 Å². The minimum atomic E-state index is -4.38. The highest BCUT2D eigenvalue weighted by molar-refractivity contribution is 5.75. The number of hydrogen-bond donors (Lipinski definition) is 2. The first kappa shape index (κ1) is 22.4. The number of aliphatic hydroxyl groups excluding tert-OH is 1. The van der Waals surface area contributed by atoms with Gasteiger partial charge in [-0.25, -0.2) is 0 Å². The number of alkyl halides is 3. The van der Waals surface area contributed by atoms with E-state index in [1.165, 1.54) is 6.07 Å². The van der Waals surface area contributed by atoms with Crippen molar-refractivity contribution in [2.45, 2.75) is 51.6 Å². The number of halogens is 3.